The second kappa shape index (κ2) is 11.9. The summed E-state index contributed by atoms with van der Waals surface area (Å²) in [5.41, 5.74) is -0.0712. The molecule has 0 bridgehead atoms. The molecule has 2 N–H and O–H groups in total. The van der Waals surface area contributed by atoms with E-state index in [1.54, 1.807) is 11.8 Å². The van der Waals surface area contributed by atoms with E-state index >= 15 is 0 Å². The summed E-state index contributed by atoms with van der Waals surface area (Å²) in [4.78, 5) is 24.6. The van der Waals surface area contributed by atoms with Gasteiger partial charge in [0.2, 0.25) is 5.91 Å². The van der Waals surface area contributed by atoms with E-state index < -0.39 is 5.97 Å². The highest BCUT2D eigenvalue weighted by Gasteiger charge is 2.33. The molecule has 0 aromatic heterocycles. The second-order valence-corrected chi connectivity index (χ2v) is 9.26. The van der Waals surface area contributed by atoms with E-state index in [0.29, 0.717) is 12.2 Å². The van der Waals surface area contributed by atoms with E-state index in [0.717, 1.165) is 57.9 Å². The fourth-order valence-electron chi connectivity index (χ4n) is 3.41. The van der Waals surface area contributed by atoms with Crippen LogP contribution in [0.5, 0.6) is 0 Å². The fraction of sp³-hybridized carbons (Fsp3) is 0.900. The van der Waals surface area contributed by atoms with Gasteiger partial charge < -0.3 is 15.1 Å². The third kappa shape index (κ3) is 8.30. The van der Waals surface area contributed by atoms with Crippen LogP contribution < -0.4 is 0 Å². The van der Waals surface area contributed by atoms with Crippen LogP contribution in [0.4, 0.5) is 0 Å². The van der Waals surface area contributed by atoms with Crippen LogP contribution in [0.1, 0.15) is 85.0 Å². The van der Waals surface area contributed by atoms with Gasteiger partial charge in [-0.2, -0.15) is 0 Å². The average Bonchev–Trinajstić information content (AvgIpc) is 2.93. The van der Waals surface area contributed by atoms with E-state index in [9.17, 15) is 14.7 Å². The lowest BCUT2D eigenvalue weighted by atomic mass is 9.80. The largest absolute Gasteiger partial charge is 0.481 e. The van der Waals surface area contributed by atoms with E-state index in [-0.39, 0.29) is 29.2 Å². The number of aliphatic hydroxyl groups excluding tert-OH is 1. The van der Waals surface area contributed by atoms with Crippen molar-refractivity contribution in [1.29, 1.82) is 0 Å². The summed E-state index contributed by atoms with van der Waals surface area (Å²) in [7, 11) is 0. The first-order valence-electron chi connectivity index (χ1n) is 10.1. The number of rotatable bonds is 14. The van der Waals surface area contributed by atoms with Gasteiger partial charge in [0.05, 0.1) is 17.2 Å². The molecule has 2 unspecified atom stereocenters. The quantitative estimate of drug-likeness (QED) is 0.435. The highest BCUT2D eigenvalue weighted by atomic mass is 32.2. The molecular weight excluding hydrogens is 350 g/mol. The maximum absolute atomic E-state index is 12.1. The summed E-state index contributed by atoms with van der Waals surface area (Å²) in [5, 5.41) is 19.4. The summed E-state index contributed by atoms with van der Waals surface area (Å²) in [6.07, 6.45) is 8.27. The van der Waals surface area contributed by atoms with Crippen molar-refractivity contribution in [3.8, 4) is 0 Å². The lowest BCUT2D eigenvalue weighted by Gasteiger charge is -2.32. The molecule has 6 heteroatoms. The molecule has 1 aliphatic rings. The van der Waals surface area contributed by atoms with Crippen molar-refractivity contribution in [2.24, 2.45) is 5.41 Å². The highest BCUT2D eigenvalue weighted by Crippen LogP contribution is 2.34. The van der Waals surface area contributed by atoms with E-state index in [1.165, 1.54) is 0 Å². The van der Waals surface area contributed by atoms with Crippen LogP contribution in [0.3, 0.4) is 0 Å². The Bertz CT molecular complexity index is 442. The topological polar surface area (TPSA) is 77.8 Å². The van der Waals surface area contributed by atoms with Crippen LogP contribution in [-0.4, -0.2) is 50.8 Å². The minimum atomic E-state index is -0.739. The minimum Gasteiger partial charge on any atom is -0.481 e. The van der Waals surface area contributed by atoms with E-state index in [2.05, 4.69) is 20.8 Å². The maximum Gasteiger partial charge on any atom is 0.303 e. The first-order chi connectivity index (χ1) is 12.3. The molecule has 0 spiro atoms. The Labute approximate surface area is 162 Å². The number of carbonyl (C=O) groups excluding carboxylic acids is 1. The Morgan fingerprint density at radius 1 is 1.27 bits per heavy atom. The SMILES string of the molecule is CCCCC(C)(C)C(O)CCC1SCC(=O)N1CCCCCCC(=O)O. The number of thioether (sulfide) groups is 1. The van der Waals surface area contributed by atoms with Crippen LogP contribution >= 0.6 is 11.8 Å². The predicted molar refractivity (Wildman–Crippen MR) is 107 cm³/mol. The van der Waals surface area contributed by atoms with Crippen molar-refractivity contribution in [3.63, 3.8) is 0 Å². The fourth-order valence-corrected chi connectivity index (χ4v) is 4.62. The Morgan fingerprint density at radius 3 is 2.62 bits per heavy atom. The molecule has 152 valence electrons. The summed E-state index contributed by atoms with van der Waals surface area (Å²) in [6, 6.07) is 0. The molecule has 0 saturated carbocycles. The van der Waals surface area contributed by atoms with Crippen molar-refractivity contribution in [1.82, 2.24) is 4.90 Å². The number of unbranched alkanes of at least 4 members (excludes halogenated alkanes) is 4. The Kier molecular flexibility index (Phi) is 10.6. The molecule has 1 rings (SSSR count). The van der Waals surface area contributed by atoms with Gasteiger partial charge in [-0.05, 0) is 37.5 Å². The van der Waals surface area contributed by atoms with Crippen LogP contribution in [0, 0.1) is 5.41 Å². The van der Waals surface area contributed by atoms with Crippen LogP contribution in [0.25, 0.3) is 0 Å². The van der Waals surface area contributed by atoms with Crippen molar-refractivity contribution >= 4 is 23.6 Å². The number of carbonyl (C=O) groups is 2. The molecule has 1 fully saturated rings. The van der Waals surface area contributed by atoms with Gasteiger partial charge in [-0.1, -0.05) is 46.5 Å². The van der Waals surface area contributed by atoms with Gasteiger partial charge in [0.25, 0.3) is 0 Å². The Hall–Kier alpha value is -0.750. The van der Waals surface area contributed by atoms with Gasteiger partial charge in [0.15, 0.2) is 0 Å². The number of aliphatic carboxylic acids is 1. The summed E-state index contributed by atoms with van der Waals surface area (Å²) in [5.74, 6) is 0.000745. The van der Waals surface area contributed by atoms with Gasteiger partial charge in [0.1, 0.15) is 0 Å². The van der Waals surface area contributed by atoms with Crippen molar-refractivity contribution in [2.45, 2.75) is 96.5 Å². The molecule has 1 amide bonds. The molecule has 0 aliphatic carbocycles. The maximum atomic E-state index is 12.1. The van der Waals surface area contributed by atoms with E-state index in [4.69, 9.17) is 5.11 Å². The lowest BCUT2D eigenvalue weighted by molar-refractivity contribution is -0.137. The normalized spacial score (nSPS) is 19.2. The van der Waals surface area contributed by atoms with Gasteiger partial charge in [-0.3, -0.25) is 9.59 Å². The lowest BCUT2D eigenvalue weighted by Crippen LogP contribution is -2.36. The van der Waals surface area contributed by atoms with Crippen molar-refractivity contribution in [3.05, 3.63) is 0 Å². The Morgan fingerprint density at radius 2 is 1.96 bits per heavy atom. The number of hydrogen-bond donors (Lipinski definition) is 2. The first-order valence-corrected chi connectivity index (χ1v) is 11.1. The molecule has 2 atom stereocenters. The smallest absolute Gasteiger partial charge is 0.303 e. The van der Waals surface area contributed by atoms with Crippen LogP contribution in [0.15, 0.2) is 0 Å². The Balaban J connectivity index is 2.33. The van der Waals surface area contributed by atoms with Gasteiger partial charge in [-0.25, -0.2) is 0 Å². The van der Waals surface area contributed by atoms with Crippen LogP contribution in [0.2, 0.25) is 0 Å². The molecular formula is C20H37NO4S. The van der Waals surface area contributed by atoms with Crippen LogP contribution in [-0.2, 0) is 9.59 Å². The number of amides is 1. The van der Waals surface area contributed by atoms with Crippen molar-refractivity contribution in [2.75, 3.05) is 12.3 Å². The average molecular weight is 388 g/mol. The van der Waals surface area contributed by atoms with Gasteiger partial charge in [0, 0.05) is 13.0 Å². The monoisotopic (exact) mass is 387 g/mol. The van der Waals surface area contributed by atoms with Gasteiger partial charge >= 0.3 is 5.97 Å². The second-order valence-electron chi connectivity index (χ2n) is 8.10. The molecule has 5 nitrogen and oxygen atoms in total. The summed E-state index contributed by atoms with van der Waals surface area (Å²) < 4.78 is 0. The number of carboxylic acid groups (broad SMARTS) is 1. The molecule has 0 aromatic rings. The third-order valence-electron chi connectivity index (χ3n) is 5.37. The summed E-state index contributed by atoms with van der Waals surface area (Å²) >= 11 is 1.69. The van der Waals surface area contributed by atoms with Gasteiger partial charge in [-0.15, -0.1) is 11.8 Å². The number of carboxylic acids is 1. The zero-order valence-corrected chi connectivity index (χ0v) is 17.5. The highest BCUT2D eigenvalue weighted by molar-refractivity contribution is 8.00. The number of aliphatic hydroxyl groups is 1. The zero-order valence-electron chi connectivity index (χ0n) is 16.7. The third-order valence-corrected chi connectivity index (χ3v) is 6.66. The minimum absolute atomic E-state index is 0.0712. The zero-order chi connectivity index (χ0) is 19.6. The van der Waals surface area contributed by atoms with Crippen molar-refractivity contribution < 1.29 is 19.8 Å². The molecule has 1 saturated heterocycles. The molecule has 0 aromatic carbocycles. The number of hydrogen-bond acceptors (Lipinski definition) is 4. The first kappa shape index (κ1) is 23.3. The summed E-state index contributed by atoms with van der Waals surface area (Å²) in [6.45, 7) is 7.19. The standard InChI is InChI=1S/C20H37NO4S/c1-4-5-13-20(2,3)16(22)11-12-18-21(17(23)15-26-18)14-9-7-6-8-10-19(24)25/h16,18,22H,4-15H2,1-3H3,(H,24,25). The molecule has 1 aliphatic heterocycles. The molecule has 0 radical (unpaired) electrons. The van der Waals surface area contributed by atoms with E-state index in [1.807, 2.05) is 4.90 Å². The number of nitrogens with zero attached hydrogens (tertiary/aromatic N) is 1. The molecule has 26 heavy (non-hydrogen) atoms. The molecule has 1 heterocycles. The predicted octanol–water partition coefficient (Wildman–Crippen LogP) is 4.28.